The first-order chi connectivity index (χ1) is 5.43. The quantitative estimate of drug-likeness (QED) is 0.585. The van der Waals surface area contributed by atoms with Crippen LogP contribution in [0.5, 0.6) is 0 Å². The number of nitrogens with two attached hydrogens (primary N) is 1. The molecular formula is C9H16N2. The average Bonchev–Trinajstić information content (AvgIpc) is 2.07. The van der Waals surface area contributed by atoms with Crippen molar-refractivity contribution in [2.45, 2.75) is 12.8 Å². The first-order valence-corrected chi connectivity index (χ1v) is 4.20. The molecule has 0 radical (unpaired) electrons. The van der Waals surface area contributed by atoms with E-state index in [2.05, 4.69) is 23.5 Å². The van der Waals surface area contributed by atoms with Gasteiger partial charge in [-0.3, -0.25) is 0 Å². The van der Waals surface area contributed by atoms with Gasteiger partial charge in [0.25, 0.3) is 0 Å². The maximum Gasteiger partial charge on any atom is 0.0202 e. The van der Waals surface area contributed by atoms with Gasteiger partial charge in [0.05, 0.1) is 0 Å². The molecule has 0 aromatic rings. The topological polar surface area (TPSA) is 38.0 Å². The van der Waals surface area contributed by atoms with Gasteiger partial charge in [-0.1, -0.05) is 18.2 Å². The lowest BCUT2D eigenvalue weighted by atomic mass is 10.1. The second-order valence-electron chi connectivity index (χ2n) is 2.72. The lowest BCUT2D eigenvalue weighted by molar-refractivity contribution is 0.738. The molecule has 0 saturated carbocycles. The second-order valence-corrected chi connectivity index (χ2v) is 2.72. The number of rotatable bonds is 4. The summed E-state index contributed by atoms with van der Waals surface area (Å²) in [5, 5.41) is 3.26. The van der Waals surface area contributed by atoms with Crippen LogP contribution in [0.3, 0.4) is 0 Å². The van der Waals surface area contributed by atoms with Gasteiger partial charge >= 0.3 is 0 Å². The molecule has 0 aliphatic heterocycles. The average molecular weight is 152 g/mol. The van der Waals surface area contributed by atoms with Crippen LogP contribution in [-0.2, 0) is 0 Å². The summed E-state index contributed by atoms with van der Waals surface area (Å²) in [4.78, 5) is 0. The maximum atomic E-state index is 5.34. The Morgan fingerprint density at radius 2 is 2.36 bits per heavy atom. The molecule has 3 N–H and O–H groups in total. The van der Waals surface area contributed by atoms with Gasteiger partial charge in [-0.2, -0.15) is 0 Å². The van der Waals surface area contributed by atoms with E-state index < -0.39 is 0 Å². The highest BCUT2D eigenvalue weighted by atomic mass is 14.9. The molecule has 1 aliphatic rings. The SMILES string of the molecule is NCCNCC1=CCCC=C1. The van der Waals surface area contributed by atoms with Crippen LogP contribution in [0, 0.1) is 0 Å². The van der Waals surface area contributed by atoms with Crippen molar-refractivity contribution in [1.29, 1.82) is 0 Å². The smallest absolute Gasteiger partial charge is 0.0202 e. The minimum Gasteiger partial charge on any atom is -0.329 e. The normalized spacial score (nSPS) is 16.6. The fourth-order valence-corrected chi connectivity index (χ4v) is 1.13. The van der Waals surface area contributed by atoms with Crippen LogP contribution in [-0.4, -0.2) is 19.6 Å². The fraction of sp³-hybridized carbons (Fsp3) is 0.556. The Morgan fingerprint density at radius 1 is 1.45 bits per heavy atom. The van der Waals surface area contributed by atoms with Crippen LogP contribution in [0.15, 0.2) is 23.8 Å². The highest BCUT2D eigenvalue weighted by molar-refractivity contribution is 5.23. The van der Waals surface area contributed by atoms with Gasteiger partial charge in [0, 0.05) is 19.6 Å². The Balaban J connectivity index is 2.15. The van der Waals surface area contributed by atoms with E-state index in [1.165, 1.54) is 18.4 Å². The molecule has 0 aromatic carbocycles. The van der Waals surface area contributed by atoms with E-state index in [0.717, 1.165) is 19.6 Å². The van der Waals surface area contributed by atoms with Crippen LogP contribution >= 0.6 is 0 Å². The zero-order chi connectivity index (χ0) is 7.94. The Hall–Kier alpha value is -0.600. The number of allylic oxidation sites excluding steroid dienone is 2. The van der Waals surface area contributed by atoms with Crippen molar-refractivity contribution in [3.8, 4) is 0 Å². The van der Waals surface area contributed by atoms with Gasteiger partial charge in [-0.05, 0) is 18.4 Å². The van der Waals surface area contributed by atoms with E-state index >= 15 is 0 Å². The number of nitrogens with one attached hydrogen (secondary N) is 1. The molecular weight excluding hydrogens is 136 g/mol. The highest BCUT2D eigenvalue weighted by Gasteiger charge is 1.94. The summed E-state index contributed by atoms with van der Waals surface area (Å²) >= 11 is 0. The summed E-state index contributed by atoms with van der Waals surface area (Å²) < 4.78 is 0. The fourth-order valence-electron chi connectivity index (χ4n) is 1.13. The van der Waals surface area contributed by atoms with Gasteiger partial charge in [0.1, 0.15) is 0 Å². The summed E-state index contributed by atoms with van der Waals surface area (Å²) in [5.74, 6) is 0. The Bertz CT molecular complexity index is 159. The standard InChI is InChI=1S/C9H16N2/c10-6-7-11-8-9-4-2-1-3-5-9/h2,4-5,11H,1,3,6-8,10H2. The molecule has 2 nitrogen and oxygen atoms in total. The monoisotopic (exact) mass is 152 g/mol. The number of hydrogen-bond donors (Lipinski definition) is 2. The highest BCUT2D eigenvalue weighted by Crippen LogP contribution is 2.07. The lowest BCUT2D eigenvalue weighted by Gasteiger charge is -2.07. The maximum absolute atomic E-state index is 5.34. The molecule has 2 heteroatoms. The predicted molar refractivity (Wildman–Crippen MR) is 48.4 cm³/mol. The van der Waals surface area contributed by atoms with Gasteiger partial charge < -0.3 is 11.1 Å². The van der Waals surface area contributed by atoms with Crippen LogP contribution < -0.4 is 11.1 Å². The molecule has 0 spiro atoms. The van der Waals surface area contributed by atoms with Gasteiger partial charge in [0.2, 0.25) is 0 Å². The minimum absolute atomic E-state index is 0.719. The lowest BCUT2D eigenvalue weighted by Crippen LogP contribution is -2.24. The number of hydrogen-bond acceptors (Lipinski definition) is 2. The Kier molecular flexibility index (Phi) is 3.94. The van der Waals surface area contributed by atoms with Crippen LogP contribution in [0.1, 0.15) is 12.8 Å². The molecule has 0 unspecified atom stereocenters. The van der Waals surface area contributed by atoms with Crippen molar-refractivity contribution < 1.29 is 0 Å². The van der Waals surface area contributed by atoms with Crippen molar-refractivity contribution in [2.75, 3.05) is 19.6 Å². The molecule has 0 amide bonds. The van der Waals surface area contributed by atoms with E-state index in [9.17, 15) is 0 Å². The molecule has 1 aliphatic carbocycles. The molecule has 0 heterocycles. The molecule has 0 saturated heterocycles. The van der Waals surface area contributed by atoms with E-state index in [4.69, 9.17) is 5.73 Å². The van der Waals surface area contributed by atoms with Crippen molar-refractivity contribution in [3.63, 3.8) is 0 Å². The molecule has 0 fully saturated rings. The van der Waals surface area contributed by atoms with Crippen LogP contribution in [0.4, 0.5) is 0 Å². The van der Waals surface area contributed by atoms with Gasteiger partial charge in [-0.25, -0.2) is 0 Å². The van der Waals surface area contributed by atoms with E-state index in [-0.39, 0.29) is 0 Å². The molecule has 1 rings (SSSR count). The van der Waals surface area contributed by atoms with Crippen molar-refractivity contribution in [3.05, 3.63) is 23.8 Å². The van der Waals surface area contributed by atoms with Crippen molar-refractivity contribution in [2.24, 2.45) is 5.73 Å². The second kappa shape index (κ2) is 5.10. The van der Waals surface area contributed by atoms with Crippen LogP contribution in [0.2, 0.25) is 0 Å². The summed E-state index contributed by atoms with van der Waals surface area (Å²) in [6, 6.07) is 0. The Morgan fingerprint density at radius 3 is 3.00 bits per heavy atom. The van der Waals surface area contributed by atoms with Crippen molar-refractivity contribution >= 4 is 0 Å². The first kappa shape index (κ1) is 8.50. The summed E-state index contributed by atoms with van der Waals surface area (Å²) in [6.45, 7) is 2.59. The third kappa shape index (κ3) is 3.35. The van der Waals surface area contributed by atoms with Crippen LogP contribution in [0.25, 0.3) is 0 Å². The molecule has 0 atom stereocenters. The zero-order valence-corrected chi connectivity index (χ0v) is 6.84. The summed E-state index contributed by atoms with van der Waals surface area (Å²) in [6.07, 6.45) is 9.08. The zero-order valence-electron chi connectivity index (χ0n) is 6.84. The van der Waals surface area contributed by atoms with E-state index in [0.29, 0.717) is 0 Å². The summed E-state index contributed by atoms with van der Waals surface area (Å²) in [7, 11) is 0. The molecule has 0 aromatic heterocycles. The largest absolute Gasteiger partial charge is 0.329 e. The van der Waals surface area contributed by atoms with Crippen molar-refractivity contribution in [1.82, 2.24) is 5.32 Å². The third-order valence-electron chi connectivity index (χ3n) is 1.72. The Labute approximate surface area is 68.2 Å². The molecule has 62 valence electrons. The summed E-state index contributed by atoms with van der Waals surface area (Å²) in [5.41, 5.74) is 6.74. The first-order valence-electron chi connectivity index (χ1n) is 4.20. The van der Waals surface area contributed by atoms with E-state index in [1.807, 2.05) is 0 Å². The minimum atomic E-state index is 0.719. The van der Waals surface area contributed by atoms with Gasteiger partial charge in [-0.15, -0.1) is 0 Å². The third-order valence-corrected chi connectivity index (χ3v) is 1.72. The predicted octanol–water partition coefficient (Wildman–Crippen LogP) is 0.811. The van der Waals surface area contributed by atoms with E-state index in [1.54, 1.807) is 0 Å². The van der Waals surface area contributed by atoms with Gasteiger partial charge in [0.15, 0.2) is 0 Å². The molecule has 11 heavy (non-hydrogen) atoms. The molecule has 0 bridgehead atoms.